The quantitative estimate of drug-likeness (QED) is 0.776. The molecule has 0 radical (unpaired) electrons. The van der Waals surface area contributed by atoms with Gasteiger partial charge >= 0.3 is 0 Å². The third-order valence-corrected chi connectivity index (χ3v) is 4.79. The molecular weight excluding hydrogens is 288 g/mol. The number of benzene rings is 1. The number of hydrogen-bond acceptors (Lipinski definition) is 3. The largest absolute Gasteiger partial charge is 0.416 e. The number of nitrogens with zero attached hydrogens (tertiary/aromatic N) is 2. The summed E-state index contributed by atoms with van der Waals surface area (Å²) in [5, 5.41) is 0.813. The molecule has 0 unspecified atom stereocenters. The monoisotopic (exact) mass is 312 g/mol. The van der Waals surface area contributed by atoms with Crippen molar-refractivity contribution >= 4 is 25.6 Å². The Kier molecular flexibility index (Phi) is 5.49. The summed E-state index contributed by atoms with van der Waals surface area (Å²) in [4.78, 5) is 4.89. The third-order valence-electron chi connectivity index (χ3n) is 3.49. The second-order valence-electron chi connectivity index (χ2n) is 6.27. The first-order valence-electron chi connectivity index (χ1n) is 7.31. The van der Waals surface area contributed by atoms with Gasteiger partial charge in [0.25, 0.3) is 0 Å². The summed E-state index contributed by atoms with van der Waals surface area (Å²) in [6, 6.07) is 8.13. The first-order chi connectivity index (χ1) is 9.44. The SMILES string of the molecule is C[Si](C)(C)OCCN1CCN(c2cccc(Cl)c2)CC1. The fourth-order valence-electron chi connectivity index (χ4n) is 2.38. The molecule has 112 valence electrons. The van der Waals surface area contributed by atoms with E-state index in [2.05, 4.69) is 35.5 Å². The number of anilines is 1. The number of rotatable bonds is 5. The van der Waals surface area contributed by atoms with E-state index in [1.807, 2.05) is 18.2 Å². The minimum Gasteiger partial charge on any atom is -0.416 e. The molecule has 20 heavy (non-hydrogen) atoms. The molecule has 0 aliphatic carbocycles. The first kappa shape index (κ1) is 15.8. The van der Waals surface area contributed by atoms with Gasteiger partial charge in [0.1, 0.15) is 0 Å². The zero-order chi connectivity index (χ0) is 14.6. The molecule has 3 nitrogen and oxygen atoms in total. The second-order valence-corrected chi connectivity index (χ2v) is 11.2. The maximum absolute atomic E-state index is 6.05. The molecule has 0 atom stereocenters. The molecule has 1 aromatic rings. The lowest BCUT2D eigenvalue weighted by Crippen LogP contribution is -2.47. The van der Waals surface area contributed by atoms with Gasteiger partial charge in [-0.05, 0) is 37.8 Å². The fraction of sp³-hybridized carbons (Fsp3) is 0.600. The van der Waals surface area contributed by atoms with Crippen LogP contribution in [0.4, 0.5) is 5.69 Å². The van der Waals surface area contributed by atoms with Crippen molar-refractivity contribution < 1.29 is 4.43 Å². The molecule has 0 spiro atoms. The van der Waals surface area contributed by atoms with E-state index in [-0.39, 0.29) is 0 Å². The zero-order valence-electron chi connectivity index (χ0n) is 12.7. The summed E-state index contributed by atoms with van der Waals surface area (Å²) < 4.78 is 5.93. The van der Waals surface area contributed by atoms with Crippen LogP contribution in [0.25, 0.3) is 0 Å². The van der Waals surface area contributed by atoms with Gasteiger partial charge in [0, 0.05) is 50.0 Å². The maximum Gasteiger partial charge on any atom is 0.183 e. The Balaban J connectivity index is 1.75. The summed E-state index contributed by atoms with van der Waals surface area (Å²) in [7, 11) is -1.37. The van der Waals surface area contributed by atoms with E-state index in [9.17, 15) is 0 Å². The minimum atomic E-state index is -1.37. The number of halogens is 1. The highest BCUT2D eigenvalue weighted by atomic mass is 35.5. The predicted octanol–water partition coefficient (Wildman–Crippen LogP) is 3.31. The molecule has 0 bridgehead atoms. The van der Waals surface area contributed by atoms with E-state index >= 15 is 0 Å². The molecule has 5 heteroatoms. The predicted molar refractivity (Wildman–Crippen MR) is 89.4 cm³/mol. The van der Waals surface area contributed by atoms with Crippen LogP contribution in [0.15, 0.2) is 24.3 Å². The van der Waals surface area contributed by atoms with Crippen molar-refractivity contribution in [1.82, 2.24) is 4.90 Å². The van der Waals surface area contributed by atoms with E-state index < -0.39 is 8.32 Å². The number of hydrogen-bond donors (Lipinski definition) is 0. The summed E-state index contributed by atoms with van der Waals surface area (Å²) in [6.45, 7) is 13.0. The van der Waals surface area contributed by atoms with Gasteiger partial charge in [-0.25, -0.2) is 0 Å². The molecule has 0 amide bonds. The fourth-order valence-corrected chi connectivity index (χ4v) is 3.27. The van der Waals surface area contributed by atoms with Crippen LogP contribution >= 0.6 is 11.6 Å². The molecular formula is C15H25ClN2OSi. The Morgan fingerprint density at radius 2 is 1.85 bits per heavy atom. The molecule has 1 heterocycles. The van der Waals surface area contributed by atoms with Gasteiger partial charge in [0.15, 0.2) is 8.32 Å². The summed E-state index contributed by atoms with van der Waals surface area (Å²) in [6.07, 6.45) is 0. The summed E-state index contributed by atoms with van der Waals surface area (Å²) >= 11 is 6.05. The van der Waals surface area contributed by atoms with Crippen LogP contribution in [0.5, 0.6) is 0 Å². The Hall–Kier alpha value is -0.553. The van der Waals surface area contributed by atoms with Crippen molar-refractivity contribution in [2.75, 3.05) is 44.2 Å². The van der Waals surface area contributed by atoms with Gasteiger partial charge in [0.2, 0.25) is 0 Å². The van der Waals surface area contributed by atoms with Gasteiger partial charge in [-0.15, -0.1) is 0 Å². The maximum atomic E-state index is 6.05. The van der Waals surface area contributed by atoms with Crippen LogP contribution in [-0.2, 0) is 4.43 Å². The molecule has 0 aromatic heterocycles. The van der Waals surface area contributed by atoms with Crippen LogP contribution in [0.1, 0.15) is 0 Å². The lowest BCUT2D eigenvalue weighted by atomic mass is 10.2. The highest BCUT2D eigenvalue weighted by molar-refractivity contribution is 6.69. The highest BCUT2D eigenvalue weighted by Crippen LogP contribution is 2.20. The molecule has 0 N–H and O–H groups in total. The van der Waals surface area contributed by atoms with E-state index in [1.54, 1.807) is 0 Å². The molecule has 1 fully saturated rings. The van der Waals surface area contributed by atoms with Crippen LogP contribution < -0.4 is 4.90 Å². The van der Waals surface area contributed by atoms with Crippen molar-refractivity contribution in [2.24, 2.45) is 0 Å². The topological polar surface area (TPSA) is 15.7 Å². The van der Waals surface area contributed by atoms with E-state index in [1.165, 1.54) is 5.69 Å². The highest BCUT2D eigenvalue weighted by Gasteiger charge is 2.19. The molecule has 2 rings (SSSR count). The normalized spacial score (nSPS) is 17.5. The van der Waals surface area contributed by atoms with Crippen LogP contribution in [0.2, 0.25) is 24.7 Å². The van der Waals surface area contributed by atoms with Gasteiger partial charge < -0.3 is 9.33 Å². The van der Waals surface area contributed by atoms with Crippen molar-refractivity contribution in [3.63, 3.8) is 0 Å². The van der Waals surface area contributed by atoms with Crippen LogP contribution in [0, 0.1) is 0 Å². The Bertz CT molecular complexity index is 428. The second kappa shape index (κ2) is 6.94. The van der Waals surface area contributed by atoms with Crippen molar-refractivity contribution in [2.45, 2.75) is 19.6 Å². The average Bonchev–Trinajstić information content (AvgIpc) is 2.38. The third kappa shape index (κ3) is 5.09. The zero-order valence-corrected chi connectivity index (χ0v) is 14.5. The van der Waals surface area contributed by atoms with E-state index in [4.69, 9.17) is 16.0 Å². The molecule has 1 saturated heterocycles. The van der Waals surface area contributed by atoms with Crippen LogP contribution in [0.3, 0.4) is 0 Å². The van der Waals surface area contributed by atoms with Gasteiger partial charge in [-0.2, -0.15) is 0 Å². The van der Waals surface area contributed by atoms with E-state index in [0.29, 0.717) is 0 Å². The van der Waals surface area contributed by atoms with Gasteiger partial charge in [-0.3, -0.25) is 4.90 Å². The smallest absolute Gasteiger partial charge is 0.183 e. The molecule has 1 aliphatic heterocycles. The Morgan fingerprint density at radius 3 is 2.45 bits per heavy atom. The van der Waals surface area contributed by atoms with Crippen LogP contribution in [-0.4, -0.2) is 52.5 Å². The lowest BCUT2D eigenvalue weighted by molar-refractivity contribution is 0.197. The first-order valence-corrected chi connectivity index (χ1v) is 11.1. The number of piperazine rings is 1. The Labute approximate surface area is 128 Å². The molecule has 1 aliphatic rings. The minimum absolute atomic E-state index is 0.813. The lowest BCUT2D eigenvalue weighted by Gasteiger charge is -2.36. The van der Waals surface area contributed by atoms with Gasteiger partial charge in [0.05, 0.1) is 0 Å². The molecule has 0 saturated carbocycles. The van der Waals surface area contributed by atoms with Crippen molar-refractivity contribution in [1.29, 1.82) is 0 Å². The molecule has 1 aromatic carbocycles. The summed E-state index contributed by atoms with van der Waals surface area (Å²) in [5.74, 6) is 0. The summed E-state index contributed by atoms with van der Waals surface area (Å²) in [5.41, 5.74) is 1.23. The van der Waals surface area contributed by atoms with Crippen molar-refractivity contribution in [3.05, 3.63) is 29.3 Å². The van der Waals surface area contributed by atoms with Gasteiger partial charge in [-0.1, -0.05) is 17.7 Å². The standard InChI is InChI=1S/C15H25ClN2OSi/c1-20(2,3)19-12-11-17-7-9-18(10-8-17)15-6-4-5-14(16)13-15/h4-6,13H,7-12H2,1-3H3. The Morgan fingerprint density at radius 1 is 1.15 bits per heavy atom. The average molecular weight is 313 g/mol. The van der Waals surface area contributed by atoms with E-state index in [0.717, 1.165) is 44.4 Å². The van der Waals surface area contributed by atoms with Crippen molar-refractivity contribution in [3.8, 4) is 0 Å².